The quantitative estimate of drug-likeness (QED) is 0.329. The van der Waals surface area contributed by atoms with Crippen LogP contribution in [-0.2, 0) is 16.1 Å². The zero-order valence-corrected chi connectivity index (χ0v) is 26.5. The molecule has 0 aromatic heterocycles. The standard InChI is InChI=1S/C31H50N4O3S2/c1-23(32-21-27-35(19-20-39-27)30(37)38-31(2,3)4)29(36)33-40-28(25-13-9-6-10-14-25)26-15-17-34(18-16-26)22-24-11-7-5-8-12-24/h5,7-8,11-12,23,25-28,32H,6,9-10,13-22H2,1-4H3,(H,33,36)/t23-,27?,28?/m1/s1. The smallest absolute Gasteiger partial charge is 0.411 e. The molecular formula is C31H50N4O3S2. The van der Waals surface area contributed by atoms with Gasteiger partial charge in [-0.1, -0.05) is 49.6 Å². The molecule has 40 heavy (non-hydrogen) atoms. The number of hydrogen-bond acceptors (Lipinski definition) is 7. The lowest BCUT2D eigenvalue weighted by Gasteiger charge is -2.40. The third-order valence-corrected chi connectivity index (χ3v) is 11.0. The predicted octanol–water partition coefficient (Wildman–Crippen LogP) is 5.90. The molecule has 2 N–H and O–H groups in total. The van der Waals surface area contributed by atoms with Gasteiger partial charge in [0.25, 0.3) is 0 Å². The number of nitrogens with zero attached hydrogens (tertiary/aromatic N) is 2. The molecule has 1 aromatic rings. The first kappa shape index (κ1) is 31.5. The van der Waals surface area contributed by atoms with E-state index in [1.54, 1.807) is 28.6 Å². The van der Waals surface area contributed by atoms with Gasteiger partial charge in [0.15, 0.2) is 0 Å². The van der Waals surface area contributed by atoms with Gasteiger partial charge in [-0.25, -0.2) is 4.79 Å². The van der Waals surface area contributed by atoms with E-state index in [0.717, 1.165) is 25.4 Å². The molecular weight excluding hydrogens is 541 g/mol. The molecule has 0 spiro atoms. The molecule has 224 valence electrons. The van der Waals surface area contributed by atoms with Gasteiger partial charge >= 0.3 is 6.09 Å². The van der Waals surface area contributed by atoms with Crippen LogP contribution in [0, 0.1) is 11.8 Å². The number of ether oxygens (including phenoxy) is 1. The maximum Gasteiger partial charge on any atom is 0.411 e. The van der Waals surface area contributed by atoms with Gasteiger partial charge in [-0.15, -0.1) is 11.8 Å². The number of carbonyl (C=O) groups is 2. The van der Waals surface area contributed by atoms with Crippen molar-refractivity contribution >= 4 is 35.7 Å². The lowest BCUT2D eigenvalue weighted by molar-refractivity contribution is -0.120. The molecule has 3 aliphatic rings. The van der Waals surface area contributed by atoms with Crippen LogP contribution in [-0.4, -0.2) is 76.0 Å². The molecule has 0 radical (unpaired) electrons. The molecule has 9 heteroatoms. The van der Waals surface area contributed by atoms with Crippen LogP contribution < -0.4 is 10.0 Å². The topological polar surface area (TPSA) is 73.9 Å². The fourth-order valence-electron chi connectivity index (χ4n) is 6.13. The maximum absolute atomic E-state index is 13.2. The summed E-state index contributed by atoms with van der Waals surface area (Å²) in [6.07, 6.45) is 8.66. The zero-order valence-electron chi connectivity index (χ0n) is 24.9. The second-order valence-corrected chi connectivity index (χ2v) is 14.9. The van der Waals surface area contributed by atoms with Gasteiger partial charge in [0.05, 0.1) is 11.4 Å². The van der Waals surface area contributed by atoms with Crippen LogP contribution in [0.3, 0.4) is 0 Å². The highest BCUT2D eigenvalue weighted by atomic mass is 32.2. The molecule has 1 saturated carbocycles. The molecule has 2 heterocycles. The number of piperidine rings is 1. The Bertz CT molecular complexity index is 930. The van der Waals surface area contributed by atoms with E-state index in [1.807, 2.05) is 27.7 Å². The van der Waals surface area contributed by atoms with Crippen LogP contribution in [0.5, 0.6) is 0 Å². The molecule has 3 fully saturated rings. The molecule has 7 nitrogen and oxygen atoms in total. The van der Waals surface area contributed by atoms with Crippen LogP contribution in [0.15, 0.2) is 30.3 Å². The number of amides is 2. The Hall–Kier alpha value is -1.42. The third kappa shape index (κ3) is 9.57. The number of likely N-dealkylation sites (tertiary alicyclic amines) is 1. The minimum absolute atomic E-state index is 0.0196. The van der Waals surface area contributed by atoms with Crippen molar-refractivity contribution in [1.82, 2.24) is 19.8 Å². The van der Waals surface area contributed by atoms with Crippen molar-refractivity contribution in [2.24, 2.45) is 11.8 Å². The van der Waals surface area contributed by atoms with Crippen molar-refractivity contribution in [3.8, 4) is 0 Å². The summed E-state index contributed by atoms with van der Waals surface area (Å²) in [6, 6.07) is 10.4. The van der Waals surface area contributed by atoms with Crippen LogP contribution in [0.1, 0.15) is 78.2 Å². The highest BCUT2D eigenvalue weighted by molar-refractivity contribution is 8.00. The Morgan fingerprint density at radius 1 is 1.02 bits per heavy atom. The maximum atomic E-state index is 13.2. The van der Waals surface area contributed by atoms with Gasteiger partial charge in [0.1, 0.15) is 5.60 Å². The van der Waals surface area contributed by atoms with Crippen molar-refractivity contribution < 1.29 is 14.3 Å². The Kier molecular flexibility index (Phi) is 11.9. The van der Waals surface area contributed by atoms with E-state index in [2.05, 4.69) is 45.3 Å². The summed E-state index contributed by atoms with van der Waals surface area (Å²) >= 11 is 3.43. The molecule has 2 aliphatic heterocycles. The monoisotopic (exact) mass is 590 g/mol. The highest BCUT2D eigenvalue weighted by Gasteiger charge is 2.35. The first-order valence-corrected chi connectivity index (χ1v) is 17.2. The molecule has 0 bridgehead atoms. The fraction of sp³-hybridized carbons (Fsp3) is 0.742. The summed E-state index contributed by atoms with van der Waals surface area (Å²) in [5, 5.41) is 3.84. The molecule has 2 amide bonds. The van der Waals surface area contributed by atoms with E-state index in [0.29, 0.717) is 30.2 Å². The van der Waals surface area contributed by atoms with E-state index < -0.39 is 5.60 Å². The Morgan fingerprint density at radius 3 is 2.38 bits per heavy atom. The SMILES string of the molecule is C[C@@H](NCC1SCCN1C(=O)OC(C)(C)C)C(=O)NSC(C1CCCCC1)C1CCN(Cc2ccccc2)CC1. The number of hydrogen-bond donors (Lipinski definition) is 2. The molecule has 2 saturated heterocycles. The average molecular weight is 591 g/mol. The second kappa shape index (κ2) is 15.2. The summed E-state index contributed by atoms with van der Waals surface area (Å²) in [5.41, 5.74) is 0.873. The van der Waals surface area contributed by atoms with Gasteiger partial charge in [0.2, 0.25) is 5.91 Å². The number of carbonyl (C=O) groups excluding carboxylic acids is 2. The van der Waals surface area contributed by atoms with Crippen LogP contribution >= 0.6 is 23.7 Å². The zero-order chi connectivity index (χ0) is 28.5. The minimum atomic E-state index is -0.514. The number of benzene rings is 1. The third-order valence-electron chi connectivity index (χ3n) is 8.37. The van der Waals surface area contributed by atoms with E-state index in [1.165, 1.54) is 50.5 Å². The molecule has 3 atom stereocenters. The predicted molar refractivity (Wildman–Crippen MR) is 167 cm³/mol. The van der Waals surface area contributed by atoms with Gasteiger partial charge in [0, 0.05) is 30.6 Å². The van der Waals surface area contributed by atoms with Gasteiger partial charge in [-0.2, -0.15) is 0 Å². The molecule has 1 aliphatic carbocycles. The largest absolute Gasteiger partial charge is 0.444 e. The van der Waals surface area contributed by atoms with Crippen molar-refractivity contribution in [2.45, 2.75) is 101 Å². The molecule has 4 rings (SSSR count). The normalized spacial score (nSPS) is 23.1. The van der Waals surface area contributed by atoms with E-state index in [9.17, 15) is 9.59 Å². The van der Waals surface area contributed by atoms with Crippen molar-refractivity contribution in [1.29, 1.82) is 0 Å². The van der Waals surface area contributed by atoms with E-state index in [-0.39, 0.29) is 23.4 Å². The lowest BCUT2D eigenvalue weighted by Crippen LogP contribution is -2.48. The lowest BCUT2D eigenvalue weighted by atomic mass is 9.79. The van der Waals surface area contributed by atoms with E-state index in [4.69, 9.17) is 4.74 Å². The van der Waals surface area contributed by atoms with Gasteiger partial charge in [-0.05, 0) is 95.8 Å². The summed E-state index contributed by atoms with van der Waals surface area (Å²) < 4.78 is 8.84. The Labute approximate surface area is 250 Å². The molecule has 2 unspecified atom stereocenters. The Balaban J connectivity index is 1.25. The summed E-state index contributed by atoms with van der Waals surface area (Å²) in [5.74, 6) is 2.24. The number of rotatable bonds is 10. The van der Waals surface area contributed by atoms with Crippen LogP contribution in [0.2, 0.25) is 0 Å². The average Bonchev–Trinajstić information content (AvgIpc) is 3.42. The number of nitrogens with one attached hydrogen (secondary N) is 2. The first-order chi connectivity index (χ1) is 19.2. The van der Waals surface area contributed by atoms with E-state index >= 15 is 0 Å². The minimum Gasteiger partial charge on any atom is -0.444 e. The van der Waals surface area contributed by atoms with Crippen molar-refractivity contribution in [3.63, 3.8) is 0 Å². The fourth-order valence-corrected chi connectivity index (χ4v) is 8.64. The Morgan fingerprint density at radius 2 is 1.70 bits per heavy atom. The van der Waals surface area contributed by atoms with Crippen LogP contribution in [0.25, 0.3) is 0 Å². The second-order valence-electron chi connectivity index (χ2n) is 12.7. The van der Waals surface area contributed by atoms with Crippen LogP contribution in [0.4, 0.5) is 4.79 Å². The first-order valence-electron chi connectivity index (χ1n) is 15.3. The highest BCUT2D eigenvalue weighted by Crippen LogP contribution is 2.39. The van der Waals surface area contributed by atoms with Gasteiger partial charge in [-0.3, -0.25) is 19.3 Å². The summed E-state index contributed by atoms with van der Waals surface area (Å²) in [7, 11) is 0. The number of thioether (sulfide) groups is 1. The summed E-state index contributed by atoms with van der Waals surface area (Å²) in [6.45, 7) is 12.1. The van der Waals surface area contributed by atoms with Gasteiger partial charge < -0.3 is 10.1 Å². The van der Waals surface area contributed by atoms with Crippen molar-refractivity contribution in [2.75, 3.05) is 31.9 Å². The summed E-state index contributed by atoms with van der Waals surface area (Å²) in [4.78, 5) is 30.1. The molecule has 1 aromatic carbocycles. The van der Waals surface area contributed by atoms with Crippen molar-refractivity contribution in [3.05, 3.63) is 35.9 Å².